The van der Waals surface area contributed by atoms with E-state index >= 15 is 0 Å². The number of hydrogen-bond acceptors (Lipinski definition) is 5. The van der Waals surface area contributed by atoms with Gasteiger partial charge in [0.05, 0.1) is 12.1 Å². The minimum absolute atomic E-state index is 0.226. The molecule has 0 aliphatic carbocycles. The van der Waals surface area contributed by atoms with Crippen molar-refractivity contribution in [2.45, 2.75) is 19.9 Å². The van der Waals surface area contributed by atoms with Crippen LogP contribution in [0.5, 0.6) is 0 Å². The number of aromatic carboxylic acids is 1. The lowest BCUT2D eigenvalue weighted by Crippen LogP contribution is -2.06. The fourth-order valence-electron chi connectivity index (χ4n) is 1.49. The summed E-state index contributed by atoms with van der Waals surface area (Å²) in [5.41, 5.74) is 1.69. The zero-order chi connectivity index (χ0) is 13.0. The van der Waals surface area contributed by atoms with Crippen LogP contribution in [0, 0.1) is 0 Å². The van der Waals surface area contributed by atoms with Crippen LogP contribution in [0.3, 0.4) is 0 Å². The highest BCUT2D eigenvalue weighted by molar-refractivity contribution is 5.88. The van der Waals surface area contributed by atoms with E-state index in [1.807, 2.05) is 6.92 Å². The van der Waals surface area contributed by atoms with Crippen molar-refractivity contribution in [3.05, 3.63) is 41.4 Å². The van der Waals surface area contributed by atoms with Gasteiger partial charge in [0, 0.05) is 11.8 Å². The normalized spacial score (nSPS) is 10.3. The van der Waals surface area contributed by atoms with Crippen molar-refractivity contribution in [2.24, 2.45) is 0 Å². The molecule has 94 valence electrons. The van der Waals surface area contributed by atoms with E-state index in [9.17, 15) is 4.79 Å². The molecule has 0 radical (unpaired) electrons. The van der Waals surface area contributed by atoms with E-state index in [0.717, 1.165) is 11.4 Å². The second kappa shape index (κ2) is 5.31. The Morgan fingerprint density at radius 3 is 2.89 bits per heavy atom. The Labute approximate surface area is 104 Å². The number of nitrogens with zero attached hydrogens (tertiary/aromatic N) is 2. The summed E-state index contributed by atoms with van der Waals surface area (Å²) in [7, 11) is 0. The third-order valence-electron chi connectivity index (χ3n) is 2.43. The number of carboxylic acid groups (broad SMARTS) is 1. The first-order valence-corrected chi connectivity index (χ1v) is 5.56. The van der Waals surface area contributed by atoms with Gasteiger partial charge >= 0.3 is 5.97 Å². The van der Waals surface area contributed by atoms with Crippen LogP contribution in [-0.2, 0) is 13.0 Å². The molecule has 0 aliphatic rings. The van der Waals surface area contributed by atoms with Gasteiger partial charge in [0.25, 0.3) is 0 Å². The van der Waals surface area contributed by atoms with Crippen LogP contribution in [-0.4, -0.2) is 21.2 Å². The molecule has 0 fully saturated rings. The molecular weight excluding hydrogens is 234 g/mol. The lowest BCUT2D eigenvalue weighted by molar-refractivity contribution is 0.0696. The monoisotopic (exact) mass is 247 g/mol. The standard InChI is InChI=1S/C12H13N3O3/c1-2-9-5-8(12(16)17)6-11(14-9)13-7-10-3-4-18-15-10/h3-6H,2,7H2,1H3,(H,13,14)(H,16,17). The van der Waals surface area contributed by atoms with Crippen molar-refractivity contribution in [3.63, 3.8) is 0 Å². The summed E-state index contributed by atoms with van der Waals surface area (Å²) in [5, 5.41) is 15.8. The van der Waals surface area contributed by atoms with E-state index in [4.69, 9.17) is 9.63 Å². The number of carbonyl (C=O) groups is 1. The average molecular weight is 247 g/mol. The molecule has 0 aromatic carbocycles. The smallest absolute Gasteiger partial charge is 0.335 e. The molecule has 2 aromatic heterocycles. The molecular formula is C12H13N3O3. The van der Waals surface area contributed by atoms with Crippen LogP contribution < -0.4 is 5.32 Å². The van der Waals surface area contributed by atoms with Gasteiger partial charge in [0.2, 0.25) is 0 Å². The Bertz CT molecular complexity index is 538. The van der Waals surface area contributed by atoms with Gasteiger partial charge in [-0.1, -0.05) is 12.1 Å². The van der Waals surface area contributed by atoms with Crippen molar-refractivity contribution >= 4 is 11.8 Å². The van der Waals surface area contributed by atoms with Crippen molar-refractivity contribution in [1.82, 2.24) is 10.1 Å². The molecule has 0 bridgehead atoms. The summed E-state index contributed by atoms with van der Waals surface area (Å²) in [4.78, 5) is 15.3. The zero-order valence-corrected chi connectivity index (χ0v) is 9.88. The average Bonchev–Trinajstić information content (AvgIpc) is 2.89. The van der Waals surface area contributed by atoms with E-state index in [2.05, 4.69) is 15.5 Å². The molecule has 2 N–H and O–H groups in total. The molecule has 6 heteroatoms. The van der Waals surface area contributed by atoms with Crippen molar-refractivity contribution in [2.75, 3.05) is 5.32 Å². The maximum atomic E-state index is 11.0. The summed E-state index contributed by atoms with van der Waals surface area (Å²) in [5.74, 6) is -0.439. The van der Waals surface area contributed by atoms with Crippen LogP contribution in [0.4, 0.5) is 5.82 Å². The predicted molar refractivity (Wildman–Crippen MR) is 64.4 cm³/mol. The number of carboxylic acids is 1. The van der Waals surface area contributed by atoms with Crippen LogP contribution in [0.1, 0.15) is 28.7 Å². The Kier molecular flexibility index (Phi) is 3.57. The van der Waals surface area contributed by atoms with Gasteiger partial charge in [-0.3, -0.25) is 0 Å². The molecule has 0 amide bonds. The van der Waals surface area contributed by atoms with Crippen LogP contribution in [0.2, 0.25) is 0 Å². The second-order valence-corrected chi connectivity index (χ2v) is 3.74. The molecule has 18 heavy (non-hydrogen) atoms. The van der Waals surface area contributed by atoms with Gasteiger partial charge in [-0.25, -0.2) is 9.78 Å². The van der Waals surface area contributed by atoms with Gasteiger partial charge < -0.3 is 14.9 Å². The second-order valence-electron chi connectivity index (χ2n) is 3.74. The van der Waals surface area contributed by atoms with E-state index in [0.29, 0.717) is 18.8 Å². The highest BCUT2D eigenvalue weighted by Crippen LogP contribution is 2.12. The number of hydrogen-bond donors (Lipinski definition) is 2. The van der Waals surface area contributed by atoms with Crippen LogP contribution in [0.25, 0.3) is 0 Å². The lowest BCUT2D eigenvalue weighted by Gasteiger charge is -2.07. The Morgan fingerprint density at radius 2 is 2.28 bits per heavy atom. The molecule has 0 saturated carbocycles. The first kappa shape index (κ1) is 12.1. The lowest BCUT2D eigenvalue weighted by atomic mass is 10.2. The minimum atomic E-state index is -0.961. The van der Waals surface area contributed by atoms with Gasteiger partial charge in [-0.15, -0.1) is 0 Å². The van der Waals surface area contributed by atoms with Crippen molar-refractivity contribution in [1.29, 1.82) is 0 Å². The van der Waals surface area contributed by atoms with Gasteiger partial charge in [0.15, 0.2) is 0 Å². The fraction of sp³-hybridized carbons (Fsp3) is 0.250. The minimum Gasteiger partial charge on any atom is -0.478 e. The maximum absolute atomic E-state index is 11.0. The number of anilines is 1. The first-order chi connectivity index (χ1) is 8.69. The Morgan fingerprint density at radius 1 is 1.44 bits per heavy atom. The third kappa shape index (κ3) is 2.85. The van der Waals surface area contributed by atoms with Gasteiger partial charge in [-0.05, 0) is 18.6 Å². The zero-order valence-electron chi connectivity index (χ0n) is 9.88. The van der Waals surface area contributed by atoms with Crippen LogP contribution >= 0.6 is 0 Å². The number of nitrogens with one attached hydrogen (secondary N) is 1. The van der Waals surface area contributed by atoms with Gasteiger partial charge in [-0.2, -0.15) is 0 Å². The quantitative estimate of drug-likeness (QED) is 0.839. The number of rotatable bonds is 5. The Balaban J connectivity index is 2.16. The summed E-state index contributed by atoms with van der Waals surface area (Å²) in [6.07, 6.45) is 2.16. The molecule has 2 rings (SSSR count). The van der Waals surface area contributed by atoms with E-state index in [1.165, 1.54) is 12.3 Å². The number of pyridine rings is 1. The summed E-state index contributed by atoms with van der Waals surface area (Å²) in [6, 6.07) is 4.81. The molecule has 0 atom stereocenters. The number of aromatic nitrogens is 2. The topological polar surface area (TPSA) is 88.2 Å². The summed E-state index contributed by atoms with van der Waals surface area (Å²) in [6.45, 7) is 2.37. The van der Waals surface area contributed by atoms with E-state index in [1.54, 1.807) is 12.1 Å². The third-order valence-corrected chi connectivity index (χ3v) is 2.43. The molecule has 2 heterocycles. The van der Waals surface area contributed by atoms with Crippen molar-refractivity contribution in [3.8, 4) is 0 Å². The molecule has 0 saturated heterocycles. The van der Waals surface area contributed by atoms with E-state index in [-0.39, 0.29) is 5.56 Å². The first-order valence-electron chi connectivity index (χ1n) is 5.56. The molecule has 2 aromatic rings. The fourth-order valence-corrected chi connectivity index (χ4v) is 1.49. The molecule has 0 aliphatic heterocycles. The summed E-state index contributed by atoms with van der Waals surface area (Å²) >= 11 is 0. The number of aryl methyl sites for hydroxylation is 1. The van der Waals surface area contributed by atoms with Crippen molar-refractivity contribution < 1.29 is 14.4 Å². The highest BCUT2D eigenvalue weighted by atomic mass is 16.5. The van der Waals surface area contributed by atoms with E-state index < -0.39 is 5.97 Å². The molecule has 0 spiro atoms. The Hall–Kier alpha value is -2.37. The summed E-state index contributed by atoms with van der Waals surface area (Å²) < 4.78 is 4.71. The molecule has 6 nitrogen and oxygen atoms in total. The predicted octanol–water partition coefficient (Wildman–Crippen LogP) is 1.94. The maximum Gasteiger partial charge on any atom is 0.335 e. The molecule has 0 unspecified atom stereocenters. The highest BCUT2D eigenvalue weighted by Gasteiger charge is 2.08. The largest absolute Gasteiger partial charge is 0.478 e. The van der Waals surface area contributed by atoms with Gasteiger partial charge in [0.1, 0.15) is 17.8 Å². The SMILES string of the molecule is CCc1cc(C(=O)O)cc(NCc2ccon2)n1. The van der Waals surface area contributed by atoms with Crippen LogP contribution in [0.15, 0.2) is 29.0 Å².